The van der Waals surface area contributed by atoms with E-state index in [0.717, 1.165) is 0 Å². The molecule has 0 fully saturated rings. The Morgan fingerprint density at radius 2 is 2.17 bits per heavy atom. The minimum Gasteiger partial charge on any atom is -0.386 e. The molecule has 1 aromatic heterocycles. The number of hydrogen-bond acceptors (Lipinski definition) is 2. The van der Waals surface area contributed by atoms with Gasteiger partial charge in [-0.25, -0.2) is 4.98 Å². The third-order valence-electron chi connectivity index (χ3n) is 1.51. The van der Waals surface area contributed by atoms with Crippen LogP contribution in [-0.2, 0) is 5.60 Å². The van der Waals surface area contributed by atoms with Gasteiger partial charge < -0.3 is 5.11 Å². The van der Waals surface area contributed by atoms with Gasteiger partial charge in [0.25, 0.3) is 0 Å². The summed E-state index contributed by atoms with van der Waals surface area (Å²) in [7, 11) is 0. The van der Waals surface area contributed by atoms with E-state index in [4.69, 9.17) is 11.6 Å². The van der Waals surface area contributed by atoms with Crippen molar-refractivity contribution in [3.63, 3.8) is 0 Å². The van der Waals surface area contributed by atoms with Crippen molar-refractivity contribution in [3.05, 3.63) is 27.5 Å². The zero-order chi connectivity index (χ0) is 9.35. The van der Waals surface area contributed by atoms with Crippen molar-refractivity contribution in [3.8, 4) is 0 Å². The minimum atomic E-state index is -0.928. The van der Waals surface area contributed by atoms with Gasteiger partial charge in [0.05, 0.1) is 10.6 Å². The van der Waals surface area contributed by atoms with Crippen LogP contribution in [-0.4, -0.2) is 10.1 Å². The topological polar surface area (TPSA) is 33.1 Å². The van der Waals surface area contributed by atoms with Crippen LogP contribution in [0.1, 0.15) is 19.4 Å². The zero-order valence-corrected chi connectivity index (χ0v) is 9.15. The number of rotatable bonds is 1. The predicted octanol–water partition coefficient (Wildman–Crippen LogP) is 2.72. The number of pyridine rings is 1. The molecule has 0 bridgehead atoms. The fraction of sp³-hybridized carbons (Fsp3) is 0.375. The van der Waals surface area contributed by atoms with Crippen LogP contribution in [0.5, 0.6) is 0 Å². The summed E-state index contributed by atoms with van der Waals surface area (Å²) in [6.45, 7) is 3.36. The molecule has 0 saturated heterocycles. The maximum Gasteiger partial charge on any atom is 0.125 e. The van der Waals surface area contributed by atoms with Crippen LogP contribution in [0.15, 0.2) is 16.9 Å². The molecular formula is C8H9BrClNO. The zero-order valence-electron chi connectivity index (χ0n) is 6.81. The summed E-state index contributed by atoms with van der Waals surface area (Å²) in [5.74, 6) is 0. The highest BCUT2D eigenvalue weighted by Crippen LogP contribution is 2.31. The van der Waals surface area contributed by atoms with Crippen molar-refractivity contribution in [1.29, 1.82) is 0 Å². The summed E-state index contributed by atoms with van der Waals surface area (Å²) in [6.07, 6.45) is 1.60. The summed E-state index contributed by atoms with van der Waals surface area (Å²) < 4.78 is 0.559. The summed E-state index contributed by atoms with van der Waals surface area (Å²) in [6, 6.07) is 1.70. The Morgan fingerprint density at radius 3 is 2.58 bits per heavy atom. The Labute approximate surface area is 84.7 Å². The lowest BCUT2D eigenvalue weighted by Crippen LogP contribution is -2.16. The first kappa shape index (κ1) is 9.96. The molecule has 0 aromatic carbocycles. The molecule has 0 aliphatic rings. The van der Waals surface area contributed by atoms with E-state index in [2.05, 4.69) is 20.9 Å². The second-order valence-corrected chi connectivity index (χ2v) is 4.15. The quantitative estimate of drug-likeness (QED) is 0.778. The van der Waals surface area contributed by atoms with Gasteiger partial charge in [0.1, 0.15) is 4.60 Å². The Hall–Kier alpha value is -0.120. The number of nitrogens with zero attached hydrogens (tertiary/aromatic N) is 1. The first-order valence-electron chi connectivity index (χ1n) is 3.46. The lowest BCUT2D eigenvalue weighted by atomic mass is 10.0. The van der Waals surface area contributed by atoms with E-state index in [1.807, 2.05) is 0 Å². The lowest BCUT2D eigenvalue weighted by Gasteiger charge is -2.19. The average molecular weight is 251 g/mol. The van der Waals surface area contributed by atoms with Crippen LogP contribution in [0.4, 0.5) is 0 Å². The van der Waals surface area contributed by atoms with Crippen LogP contribution in [0, 0.1) is 0 Å². The molecule has 0 unspecified atom stereocenters. The van der Waals surface area contributed by atoms with Crippen molar-refractivity contribution >= 4 is 27.5 Å². The van der Waals surface area contributed by atoms with Gasteiger partial charge in [-0.2, -0.15) is 0 Å². The highest BCUT2D eigenvalue weighted by Gasteiger charge is 2.20. The average Bonchev–Trinajstić information content (AvgIpc) is 1.92. The predicted molar refractivity (Wildman–Crippen MR) is 52.2 cm³/mol. The van der Waals surface area contributed by atoms with Crippen LogP contribution in [0.25, 0.3) is 0 Å². The fourth-order valence-corrected chi connectivity index (χ4v) is 1.57. The van der Waals surface area contributed by atoms with Crippen molar-refractivity contribution in [2.24, 2.45) is 0 Å². The Morgan fingerprint density at radius 1 is 1.58 bits per heavy atom. The van der Waals surface area contributed by atoms with E-state index in [1.54, 1.807) is 26.1 Å². The SMILES string of the molecule is CC(C)(O)c1ccnc(Br)c1Cl. The Bertz CT molecular complexity index is 296. The van der Waals surface area contributed by atoms with E-state index in [9.17, 15) is 5.11 Å². The van der Waals surface area contributed by atoms with Gasteiger partial charge in [-0.15, -0.1) is 0 Å². The summed E-state index contributed by atoms with van der Waals surface area (Å²) in [5, 5.41) is 10.1. The molecule has 0 atom stereocenters. The Kier molecular flexibility index (Phi) is 2.76. The molecule has 12 heavy (non-hydrogen) atoms. The van der Waals surface area contributed by atoms with E-state index >= 15 is 0 Å². The second-order valence-electron chi connectivity index (χ2n) is 3.02. The van der Waals surface area contributed by atoms with Gasteiger partial charge in [-0.1, -0.05) is 11.6 Å². The van der Waals surface area contributed by atoms with Crippen LogP contribution in [0.2, 0.25) is 5.02 Å². The molecule has 0 radical (unpaired) electrons. The summed E-state index contributed by atoms with van der Waals surface area (Å²) in [4.78, 5) is 3.93. The first-order valence-corrected chi connectivity index (χ1v) is 4.63. The third-order valence-corrected chi connectivity index (χ3v) is 2.72. The molecule has 1 aromatic rings. The number of hydrogen-bond donors (Lipinski definition) is 1. The van der Waals surface area contributed by atoms with Gasteiger partial charge in [-0.05, 0) is 35.8 Å². The summed E-state index contributed by atoms with van der Waals surface area (Å²) >= 11 is 9.09. The molecule has 0 aliphatic heterocycles. The third kappa shape index (κ3) is 1.97. The molecule has 0 aliphatic carbocycles. The molecule has 4 heteroatoms. The number of aromatic nitrogens is 1. The van der Waals surface area contributed by atoms with E-state index in [0.29, 0.717) is 15.2 Å². The molecular weight excluding hydrogens is 241 g/mol. The molecule has 0 spiro atoms. The molecule has 1 N–H and O–H groups in total. The largest absolute Gasteiger partial charge is 0.386 e. The number of halogens is 2. The molecule has 1 rings (SSSR count). The molecule has 0 amide bonds. The Balaban J connectivity index is 3.26. The fourth-order valence-electron chi connectivity index (χ4n) is 0.891. The van der Waals surface area contributed by atoms with Gasteiger partial charge in [0, 0.05) is 11.8 Å². The van der Waals surface area contributed by atoms with Gasteiger partial charge in [0.2, 0.25) is 0 Å². The normalized spacial score (nSPS) is 11.8. The van der Waals surface area contributed by atoms with Gasteiger partial charge in [-0.3, -0.25) is 0 Å². The molecule has 66 valence electrons. The van der Waals surface area contributed by atoms with Crippen molar-refractivity contribution in [2.45, 2.75) is 19.4 Å². The van der Waals surface area contributed by atoms with E-state index < -0.39 is 5.60 Å². The molecule has 1 heterocycles. The molecule has 0 saturated carbocycles. The minimum absolute atomic E-state index is 0.463. The highest BCUT2D eigenvalue weighted by molar-refractivity contribution is 9.10. The van der Waals surface area contributed by atoms with E-state index in [1.165, 1.54) is 0 Å². The monoisotopic (exact) mass is 249 g/mol. The van der Waals surface area contributed by atoms with Crippen molar-refractivity contribution in [2.75, 3.05) is 0 Å². The van der Waals surface area contributed by atoms with Crippen LogP contribution >= 0.6 is 27.5 Å². The highest BCUT2D eigenvalue weighted by atomic mass is 79.9. The van der Waals surface area contributed by atoms with Crippen LogP contribution < -0.4 is 0 Å². The lowest BCUT2D eigenvalue weighted by molar-refractivity contribution is 0.0785. The van der Waals surface area contributed by atoms with Gasteiger partial charge >= 0.3 is 0 Å². The maximum absolute atomic E-state index is 9.66. The first-order chi connectivity index (χ1) is 5.43. The van der Waals surface area contributed by atoms with Crippen molar-refractivity contribution in [1.82, 2.24) is 4.98 Å². The van der Waals surface area contributed by atoms with Gasteiger partial charge in [0.15, 0.2) is 0 Å². The standard InChI is InChI=1S/C8H9BrClNO/c1-8(2,12)5-3-4-11-7(9)6(5)10/h3-4,12H,1-2H3. The molecule has 2 nitrogen and oxygen atoms in total. The smallest absolute Gasteiger partial charge is 0.125 e. The van der Waals surface area contributed by atoms with E-state index in [-0.39, 0.29) is 0 Å². The second kappa shape index (κ2) is 3.32. The maximum atomic E-state index is 9.66. The van der Waals surface area contributed by atoms with Crippen molar-refractivity contribution < 1.29 is 5.11 Å². The summed E-state index contributed by atoms with van der Waals surface area (Å²) in [5.41, 5.74) is -0.256. The number of aliphatic hydroxyl groups is 1. The van der Waals surface area contributed by atoms with Crippen LogP contribution in [0.3, 0.4) is 0 Å².